The zero-order valence-electron chi connectivity index (χ0n) is 4.34. The molecule has 1 heterocycles. The van der Waals surface area contributed by atoms with Crippen LogP contribution >= 0.6 is 15.9 Å². The standard InChI is InChI=1S/C6H6BrN/c7-6-4-2-1-3-5-8-6/h1-4H,5H2. The van der Waals surface area contributed by atoms with E-state index in [-0.39, 0.29) is 0 Å². The van der Waals surface area contributed by atoms with Gasteiger partial charge in [0.25, 0.3) is 0 Å². The summed E-state index contributed by atoms with van der Waals surface area (Å²) < 4.78 is 0.919. The molecule has 1 aliphatic rings. The van der Waals surface area contributed by atoms with Crippen molar-refractivity contribution >= 4 is 20.6 Å². The molecule has 0 atom stereocenters. The third-order valence-electron chi connectivity index (χ3n) is 0.829. The molecule has 0 bridgehead atoms. The van der Waals surface area contributed by atoms with Crippen LogP contribution in [0.4, 0.5) is 0 Å². The number of hydrogen-bond donors (Lipinski definition) is 0. The zero-order chi connectivity index (χ0) is 5.82. The van der Waals surface area contributed by atoms with Gasteiger partial charge in [-0.1, -0.05) is 18.2 Å². The van der Waals surface area contributed by atoms with Crippen molar-refractivity contribution in [2.24, 2.45) is 4.99 Å². The van der Waals surface area contributed by atoms with E-state index in [9.17, 15) is 0 Å². The highest BCUT2D eigenvalue weighted by atomic mass is 79.9. The predicted octanol–water partition coefficient (Wildman–Crippen LogP) is 1.91. The number of rotatable bonds is 0. The summed E-state index contributed by atoms with van der Waals surface area (Å²) in [6, 6.07) is 0. The molecular formula is C6H6BrN. The van der Waals surface area contributed by atoms with Gasteiger partial charge >= 0.3 is 0 Å². The van der Waals surface area contributed by atoms with E-state index in [1.807, 2.05) is 24.3 Å². The molecule has 0 spiro atoms. The molecule has 0 saturated carbocycles. The van der Waals surface area contributed by atoms with Crippen molar-refractivity contribution in [2.75, 3.05) is 6.54 Å². The van der Waals surface area contributed by atoms with Crippen LogP contribution in [0.15, 0.2) is 29.3 Å². The summed E-state index contributed by atoms with van der Waals surface area (Å²) >= 11 is 3.26. The van der Waals surface area contributed by atoms with Crippen molar-refractivity contribution in [3.63, 3.8) is 0 Å². The summed E-state index contributed by atoms with van der Waals surface area (Å²) in [7, 11) is 0. The maximum atomic E-state index is 4.08. The molecule has 2 heteroatoms. The van der Waals surface area contributed by atoms with Gasteiger partial charge in [0.2, 0.25) is 0 Å². The number of nitrogens with zero attached hydrogens (tertiary/aromatic N) is 1. The average Bonchev–Trinajstić information content (AvgIpc) is 1.94. The first-order valence-corrected chi connectivity index (χ1v) is 3.22. The van der Waals surface area contributed by atoms with Gasteiger partial charge in [0.1, 0.15) is 4.62 Å². The van der Waals surface area contributed by atoms with Crippen molar-refractivity contribution < 1.29 is 0 Å². The van der Waals surface area contributed by atoms with Gasteiger partial charge in [-0.2, -0.15) is 0 Å². The molecule has 1 rings (SSSR count). The Hall–Kier alpha value is -0.370. The van der Waals surface area contributed by atoms with Crippen molar-refractivity contribution in [3.05, 3.63) is 24.3 Å². The first kappa shape index (κ1) is 5.76. The van der Waals surface area contributed by atoms with Crippen LogP contribution in [0.2, 0.25) is 0 Å². The van der Waals surface area contributed by atoms with E-state index >= 15 is 0 Å². The van der Waals surface area contributed by atoms with E-state index in [2.05, 4.69) is 20.9 Å². The highest BCUT2D eigenvalue weighted by molar-refractivity contribution is 9.18. The van der Waals surface area contributed by atoms with Crippen LogP contribution in [0.5, 0.6) is 0 Å². The Balaban J connectivity index is 2.69. The highest BCUT2D eigenvalue weighted by Crippen LogP contribution is 1.96. The predicted molar refractivity (Wildman–Crippen MR) is 39.5 cm³/mol. The van der Waals surface area contributed by atoms with Crippen LogP contribution in [0.3, 0.4) is 0 Å². The average molecular weight is 172 g/mol. The molecule has 0 amide bonds. The molecule has 0 aliphatic carbocycles. The van der Waals surface area contributed by atoms with E-state index in [0.29, 0.717) is 0 Å². The van der Waals surface area contributed by atoms with Gasteiger partial charge in [-0.05, 0) is 22.0 Å². The molecule has 0 aromatic rings. The van der Waals surface area contributed by atoms with Gasteiger partial charge in [-0.15, -0.1) is 0 Å². The summed E-state index contributed by atoms with van der Waals surface area (Å²) in [5.74, 6) is 0. The summed E-state index contributed by atoms with van der Waals surface area (Å²) in [5, 5.41) is 0. The lowest BCUT2D eigenvalue weighted by Gasteiger charge is -1.80. The zero-order valence-corrected chi connectivity index (χ0v) is 5.93. The number of halogens is 1. The van der Waals surface area contributed by atoms with Crippen LogP contribution in [0.25, 0.3) is 0 Å². The lowest BCUT2D eigenvalue weighted by molar-refractivity contribution is 1.26. The molecule has 0 aromatic carbocycles. The molecule has 8 heavy (non-hydrogen) atoms. The van der Waals surface area contributed by atoms with Gasteiger partial charge in [-0.25, -0.2) is 0 Å². The largest absolute Gasteiger partial charge is 0.274 e. The summed E-state index contributed by atoms with van der Waals surface area (Å²) in [5.41, 5.74) is 0. The number of hydrogen-bond acceptors (Lipinski definition) is 1. The third-order valence-corrected chi connectivity index (χ3v) is 1.34. The van der Waals surface area contributed by atoms with E-state index in [1.54, 1.807) is 0 Å². The molecule has 0 unspecified atom stereocenters. The van der Waals surface area contributed by atoms with Crippen LogP contribution in [-0.4, -0.2) is 11.2 Å². The second kappa shape index (κ2) is 2.82. The van der Waals surface area contributed by atoms with E-state index in [4.69, 9.17) is 0 Å². The molecule has 0 N–H and O–H groups in total. The van der Waals surface area contributed by atoms with Crippen molar-refractivity contribution in [2.45, 2.75) is 0 Å². The lowest BCUT2D eigenvalue weighted by atomic mass is 10.5. The normalized spacial score (nSPS) is 17.9. The number of allylic oxidation sites excluding steroid dienone is 3. The van der Waals surface area contributed by atoms with Crippen molar-refractivity contribution in [3.8, 4) is 0 Å². The van der Waals surface area contributed by atoms with Gasteiger partial charge in [0, 0.05) is 0 Å². The SMILES string of the molecule is BrC1=NCC=CC=C1. The summed E-state index contributed by atoms with van der Waals surface area (Å²) in [4.78, 5) is 4.08. The van der Waals surface area contributed by atoms with E-state index in [1.165, 1.54) is 0 Å². The van der Waals surface area contributed by atoms with E-state index < -0.39 is 0 Å². The van der Waals surface area contributed by atoms with Crippen molar-refractivity contribution in [1.82, 2.24) is 0 Å². The smallest absolute Gasteiger partial charge is 0.100 e. The quantitative estimate of drug-likeness (QED) is 0.529. The molecule has 0 radical (unpaired) electrons. The Morgan fingerprint density at radius 2 is 2.38 bits per heavy atom. The highest BCUT2D eigenvalue weighted by Gasteiger charge is 1.84. The second-order valence-corrected chi connectivity index (χ2v) is 2.26. The summed E-state index contributed by atoms with van der Waals surface area (Å²) in [6.07, 6.45) is 7.87. The monoisotopic (exact) mass is 171 g/mol. The van der Waals surface area contributed by atoms with Crippen LogP contribution in [0.1, 0.15) is 0 Å². The maximum absolute atomic E-state index is 4.08. The Kier molecular flexibility index (Phi) is 2.03. The molecular weight excluding hydrogens is 166 g/mol. The first-order valence-electron chi connectivity index (χ1n) is 2.43. The maximum Gasteiger partial charge on any atom is 0.100 e. The molecule has 0 saturated heterocycles. The minimum atomic E-state index is 0.785. The Bertz CT molecular complexity index is 153. The fourth-order valence-corrected chi connectivity index (χ4v) is 0.764. The molecule has 0 fully saturated rings. The fourth-order valence-electron chi connectivity index (χ4n) is 0.467. The Morgan fingerprint density at radius 1 is 1.50 bits per heavy atom. The fraction of sp³-hybridized carbons (Fsp3) is 0.167. The minimum absolute atomic E-state index is 0.785. The lowest BCUT2D eigenvalue weighted by Crippen LogP contribution is -1.77. The van der Waals surface area contributed by atoms with Gasteiger partial charge < -0.3 is 0 Å². The Morgan fingerprint density at radius 3 is 3.25 bits per heavy atom. The minimum Gasteiger partial charge on any atom is -0.274 e. The van der Waals surface area contributed by atoms with Gasteiger partial charge in [0.05, 0.1) is 6.54 Å². The van der Waals surface area contributed by atoms with Gasteiger partial charge in [0.15, 0.2) is 0 Å². The summed E-state index contributed by atoms with van der Waals surface area (Å²) in [6.45, 7) is 0.785. The Labute approximate surface area is 56.9 Å². The first-order chi connectivity index (χ1) is 3.89. The van der Waals surface area contributed by atoms with Crippen LogP contribution in [0, 0.1) is 0 Å². The second-order valence-electron chi connectivity index (χ2n) is 1.45. The van der Waals surface area contributed by atoms with Crippen LogP contribution < -0.4 is 0 Å². The molecule has 1 aliphatic heterocycles. The topological polar surface area (TPSA) is 12.4 Å². The molecule has 42 valence electrons. The van der Waals surface area contributed by atoms with E-state index in [0.717, 1.165) is 11.2 Å². The van der Waals surface area contributed by atoms with Gasteiger partial charge in [-0.3, -0.25) is 4.99 Å². The van der Waals surface area contributed by atoms with Crippen LogP contribution in [-0.2, 0) is 0 Å². The third kappa shape index (κ3) is 1.62. The molecule has 1 nitrogen and oxygen atoms in total. The van der Waals surface area contributed by atoms with Crippen molar-refractivity contribution in [1.29, 1.82) is 0 Å². The molecule has 0 aromatic heterocycles. The number of aliphatic imine (C=N–C) groups is 1.